The van der Waals surface area contributed by atoms with Crippen molar-refractivity contribution >= 4 is 34.9 Å². The first-order valence-corrected chi connectivity index (χ1v) is 13.9. The van der Waals surface area contributed by atoms with Crippen molar-refractivity contribution in [2.45, 2.75) is 13.0 Å². The van der Waals surface area contributed by atoms with E-state index in [2.05, 4.69) is 27.2 Å². The fourth-order valence-electron chi connectivity index (χ4n) is 5.04. The second kappa shape index (κ2) is 10.7. The summed E-state index contributed by atoms with van der Waals surface area (Å²) in [5.74, 6) is 0.558. The molecular weight excluding hydrogens is 529 g/mol. The number of fused-ring (bicyclic) bond motifs is 1. The fraction of sp³-hybridized carbons (Fsp3) is 0.233. The number of benzene rings is 2. The highest BCUT2D eigenvalue weighted by molar-refractivity contribution is 7.07. The van der Waals surface area contributed by atoms with E-state index in [1.165, 1.54) is 28.0 Å². The Kier molecular flexibility index (Phi) is 6.95. The summed E-state index contributed by atoms with van der Waals surface area (Å²) < 4.78 is 21.9. The molecule has 1 saturated heterocycles. The topological polar surface area (TPSA) is 83.1 Å². The highest BCUT2D eigenvalue weighted by Crippen LogP contribution is 2.31. The normalized spacial score (nSPS) is 18.0. The third kappa shape index (κ3) is 5.03. The van der Waals surface area contributed by atoms with E-state index < -0.39 is 11.9 Å². The molecule has 10 heteroatoms. The molecule has 1 unspecified atom stereocenters. The molecule has 1 fully saturated rings. The van der Waals surface area contributed by atoms with Gasteiger partial charge in [-0.25, -0.2) is 9.38 Å². The van der Waals surface area contributed by atoms with Crippen LogP contribution in [0, 0.1) is 5.82 Å². The van der Waals surface area contributed by atoms with E-state index in [0.717, 1.165) is 32.1 Å². The summed E-state index contributed by atoms with van der Waals surface area (Å²) in [6.07, 6.45) is 1.72. The van der Waals surface area contributed by atoms with Gasteiger partial charge in [0.05, 0.1) is 21.8 Å². The van der Waals surface area contributed by atoms with E-state index in [-0.39, 0.29) is 11.5 Å². The smallest absolute Gasteiger partial charge is 0.271 e. The van der Waals surface area contributed by atoms with Crippen molar-refractivity contribution < 1.29 is 13.6 Å². The number of para-hydroxylation sites is 1. The van der Waals surface area contributed by atoms with Gasteiger partial charge in [0.15, 0.2) is 10.7 Å². The Balaban J connectivity index is 1.41. The lowest BCUT2D eigenvalue weighted by Gasteiger charge is -2.32. The highest BCUT2D eigenvalue weighted by Gasteiger charge is 2.32. The van der Waals surface area contributed by atoms with Gasteiger partial charge >= 0.3 is 0 Å². The number of piperazine rings is 1. The van der Waals surface area contributed by atoms with Crippen LogP contribution in [0.2, 0.25) is 0 Å². The number of allylic oxidation sites excluding steroid dienone is 1. The quantitative estimate of drug-likeness (QED) is 0.407. The van der Waals surface area contributed by atoms with Crippen molar-refractivity contribution in [3.05, 3.63) is 115 Å². The first-order chi connectivity index (χ1) is 19.4. The van der Waals surface area contributed by atoms with Crippen molar-refractivity contribution in [1.29, 1.82) is 0 Å². The number of likely N-dealkylation sites (N-methyl/N-ethyl adjacent to an activating group) is 1. The number of carbonyl (C=O) groups excluding carboxylic acids is 1. The van der Waals surface area contributed by atoms with E-state index in [1.54, 1.807) is 37.3 Å². The predicted molar refractivity (Wildman–Crippen MR) is 154 cm³/mol. The zero-order valence-electron chi connectivity index (χ0n) is 22.1. The maximum atomic E-state index is 13.9. The van der Waals surface area contributed by atoms with Crippen molar-refractivity contribution in [1.82, 2.24) is 9.47 Å². The summed E-state index contributed by atoms with van der Waals surface area (Å²) in [6.45, 7) is 5.41. The number of nitrogens with one attached hydrogen (secondary N) is 1. The fourth-order valence-corrected chi connectivity index (χ4v) is 6.06. The first kappa shape index (κ1) is 26.0. The Morgan fingerprint density at radius 1 is 1.05 bits per heavy atom. The molecule has 0 saturated carbocycles. The van der Waals surface area contributed by atoms with Crippen molar-refractivity contribution in [3.8, 4) is 0 Å². The molecule has 40 heavy (non-hydrogen) atoms. The number of furan rings is 1. The van der Waals surface area contributed by atoms with E-state index in [9.17, 15) is 14.0 Å². The van der Waals surface area contributed by atoms with E-state index >= 15 is 0 Å². The Bertz CT molecular complexity index is 1760. The standard InChI is InChI=1S/C30H28FN5O3S/c1-19-26(28(37)33-22-6-4-3-5-7-22)27(20-8-10-21(31)11-9-20)36-29(38)24(40-30(36)32-19)18-23-12-13-25(39-23)35-16-14-34(2)15-17-35/h3-13,18,27H,14-17H2,1-2H3,(H,33,37)/b24-18+. The van der Waals surface area contributed by atoms with Gasteiger partial charge < -0.3 is 19.5 Å². The Morgan fingerprint density at radius 3 is 2.50 bits per heavy atom. The third-order valence-electron chi connectivity index (χ3n) is 7.18. The lowest BCUT2D eigenvalue weighted by molar-refractivity contribution is -0.113. The molecule has 0 radical (unpaired) electrons. The molecule has 6 rings (SSSR count). The van der Waals surface area contributed by atoms with Crippen LogP contribution in [0.4, 0.5) is 16.0 Å². The number of halogens is 1. The molecule has 204 valence electrons. The van der Waals surface area contributed by atoms with E-state index in [1.807, 2.05) is 30.3 Å². The lowest BCUT2D eigenvalue weighted by Crippen LogP contribution is -2.44. The zero-order chi connectivity index (χ0) is 27.8. The summed E-state index contributed by atoms with van der Waals surface area (Å²) >= 11 is 1.23. The molecule has 4 heterocycles. The van der Waals surface area contributed by atoms with Crippen LogP contribution in [-0.2, 0) is 4.79 Å². The molecule has 4 aromatic rings. The molecule has 0 aliphatic carbocycles. The Hall–Kier alpha value is -4.28. The third-order valence-corrected chi connectivity index (χ3v) is 8.17. The number of thiazole rings is 1. The van der Waals surface area contributed by atoms with Crippen molar-refractivity contribution in [3.63, 3.8) is 0 Å². The second-order valence-corrected chi connectivity index (χ2v) is 10.9. The van der Waals surface area contributed by atoms with Gasteiger partial charge in [0, 0.05) is 44.0 Å². The summed E-state index contributed by atoms with van der Waals surface area (Å²) in [5.41, 5.74) is 1.75. The maximum Gasteiger partial charge on any atom is 0.271 e. The van der Waals surface area contributed by atoms with Crippen LogP contribution in [0.25, 0.3) is 6.08 Å². The number of aromatic nitrogens is 1. The first-order valence-electron chi connectivity index (χ1n) is 13.0. The minimum Gasteiger partial charge on any atom is -0.441 e. The van der Waals surface area contributed by atoms with Crippen LogP contribution in [0.3, 0.4) is 0 Å². The van der Waals surface area contributed by atoms with E-state index in [4.69, 9.17) is 4.42 Å². The van der Waals surface area contributed by atoms with Crippen LogP contribution in [0.1, 0.15) is 24.3 Å². The van der Waals surface area contributed by atoms with Crippen molar-refractivity contribution in [2.24, 2.45) is 4.99 Å². The number of hydrogen-bond donors (Lipinski definition) is 1. The molecule has 1 amide bonds. The number of amides is 1. The van der Waals surface area contributed by atoms with Gasteiger partial charge in [-0.05, 0) is 49.9 Å². The molecule has 2 aliphatic rings. The van der Waals surface area contributed by atoms with Crippen LogP contribution in [0.5, 0.6) is 0 Å². The Morgan fingerprint density at radius 2 is 1.77 bits per heavy atom. The molecule has 8 nitrogen and oxygen atoms in total. The van der Waals surface area contributed by atoms with Gasteiger partial charge in [0.2, 0.25) is 0 Å². The van der Waals surface area contributed by atoms with E-state index in [0.29, 0.717) is 37.6 Å². The van der Waals surface area contributed by atoms with Crippen LogP contribution >= 0.6 is 11.3 Å². The summed E-state index contributed by atoms with van der Waals surface area (Å²) in [5, 5.41) is 2.91. The summed E-state index contributed by atoms with van der Waals surface area (Å²) in [4.78, 5) is 37.0. The maximum absolute atomic E-state index is 13.9. The molecule has 2 aliphatic heterocycles. The van der Waals surface area contributed by atoms with Gasteiger partial charge in [-0.15, -0.1) is 0 Å². The highest BCUT2D eigenvalue weighted by atomic mass is 32.1. The van der Waals surface area contributed by atoms with Gasteiger partial charge in [-0.3, -0.25) is 14.2 Å². The number of carbonyl (C=O) groups is 1. The van der Waals surface area contributed by atoms with Crippen LogP contribution in [0.15, 0.2) is 92.2 Å². The van der Waals surface area contributed by atoms with Crippen molar-refractivity contribution in [2.75, 3.05) is 43.4 Å². The lowest BCUT2D eigenvalue weighted by atomic mass is 9.95. The average molecular weight is 558 g/mol. The SMILES string of the molecule is CC1=C(C(=O)Nc2ccccc2)C(c2ccc(F)cc2)n2c(s/c(=C/c3ccc(N4CCN(C)CC4)o3)c2=O)=N1. The Labute approximate surface area is 234 Å². The average Bonchev–Trinajstić information content (AvgIpc) is 3.53. The largest absolute Gasteiger partial charge is 0.441 e. The minimum atomic E-state index is -0.778. The molecule has 0 spiro atoms. The second-order valence-electron chi connectivity index (χ2n) is 9.92. The summed E-state index contributed by atoms with van der Waals surface area (Å²) in [6, 6.07) is 17.9. The van der Waals surface area contributed by atoms with Gasteiger partial charge in [-0.1, -0.05) is 41.7 Å². The van der Waals surface area contributed by atoms with Crippen LogP contribution < -0.4 is 25.1 Å². The predicted octanol–water partition coefficient (Wildman–Crippen LogP) is 3.36. The zero-order valence-corrected chi connectivity index (χ0v) is 23.0. The summed E-state index contributed by atoms with van der Waals surface area (Å²) in [7, 11) is 2.10. The van der Waals surface area contributed by atoms with Gasteiger partial charge in [-0.2, -0.15) is 0 Å². The molecule has 1 atom stereocenters. The minimum absolute atomic E-state index is 0.298. The number of nitrogens with zero attached hydrogens (tertiary/aromatic N) is 4. The molecule has 2 aromatic heterocycles. The number of anilines is 2. The van der Waals surface area contributed by atoms with Crippen LogP contribution in [-0.4, -0.2) is 48.6 Å². The van der Waals surface area contributed by atoms with Gasteiger partial charge in [0.25, 0.3) is 11.5 Å². The van der Waals surface area contributed by atoms with Gasteiger partial charge in [0.1, 0.15) is 11.6 Å². The molecular formula is C30H28FN5O3S. The molecule has 1 N–H and O–H groups in total. The monoisotopic (exact) mass is 557 g/mol. The molecule has 2 aromatic carbocycles. The molecule has 0 bridgehead atoms. The number of hydrogen-bond acceptors (Lipinski definition) is 7. The number of rotatable bonds is 5.